The van der Waals surface area contributed by atoms with Crippen LogP contribution in [0.4, 0.5) is 5.69 Å². The van der Waals surface area contributed by atoms with E-state index in [2.05, 4.69) is 10.6 Å². The second kappa shape index (κ2) is 10.4. The maximum atomic E-state index is 12.8. The molecule has 0 saturated carbocycles. The lowest BCUT2D eigenvalue weighted by atomic mass is 9.99. The molecule has 1 aliphatic heterocycles. The number of nitrogens with zero attached hydrogens (tertiary/aromatic N) is 1. The van der Waals surface area contributed by atoms with Crippen LogP contribution in [0.5, 0.6) is 5.75 Å². The Morgan fingerprint density at radius 3 is 2.48 bits per heavy atom. The van der Waals surface area contributed by atoms with Gasteiger partial charge in [-0.05, 0) is 49.2 Å². The Labute approximate surface area is 182 Å². The van der Waals surface area contributed by atoms with E-state index in [-0.39, 0.29) is 36.2 Å². The zero-order valence-electron chi connectivity index (χ0n) is 17.4. The summed E-state index contributed by atoms with van der Waals surface area (Å²) in [7, 11) is -2.05. The van der Waals surface area contributed by atoms with Crippen molar-refractivity contribution in [3.8, 4) is 5.75 Å². The molecule has 1 fully saturated rings. The molecule has 1 atom stereocenters. The molecule has 9 heteroatoms. The Hall–Kier alpha value is -2.91. The van der Waals surface area contributed by atoms with Crippen molar-refractivity contribution in [1.82, 2.24) is 9.62 Å². The molecular weight excluding hydrogens is 418 g/mol. The molecule has 166 valence electrons. The minimum atomic E-state index is -3.62. The number of methoxy groups -OCH3 is 1. The molecule has 0 aromatic heterocycles. The Bertz CT molecular complexity index is 994. The number of sulfonamides is 1. The molecule has 0 radical (unpaired) electrons. The molecule has 8 nitrogen and oxygen atoms in total. The number of hydrogen-bond donors (Lipinski definition) is 2. The van der Waals surface area contributed by atoms with E-state index in [9.17, 15) is 18.0 Å². The molecule has 0 bridgehead atoms. The van der Waals surface area contributed by atoms with Gasteiger partial charge in [0.15, 0.2) is 0 Å². The number of ether oxygens (including phenoxy) is 1. The van der Waals surface area contributed by atoms with Crippen LogP contribution in [-0.2, 0) is 19.6 Å². The number of carbonyl (C=O) groups excluding carboxylic acids is 2. The van der Waals surface area contributed by atoms with E-state index in [1.165, 1.54) is 4.31 Å². The van der Waals surface area contributed by atoms with Gasteiger partial charge in [-0.2, -0.15) is 4.31 Å². The Kier molecular flexibility index (Phi) is 7.64. The molecule has 0 unspecified atom stereocenters. The zero-order valence-corrected chi connectivity index (χ0v) is 18.2. The summed E-state index contributed by atoms with van der Waals surface area (Å²) < 4.78 is 32.1. The van der Waals surface area contributed by atoms with Crippen LogP contribution in [-0.4, -0.2) is 51.3 Å². The molecule has 2 N–H and O–H groups in total. The smallest absolute Gasteiger partial charge is 0.243 e. The monoisotopic (exact) mass is 445 g/mol. The van der Waals surface area contributed by atoms with Crippen LogP contribution >= 0.6 is 0 Å². The maximum absolute atomic E-state index is 12.8. The van der Waals surface area contributed by atoms with E-state index in [0.717, 1.165) is 0 Å². The van der Waals surface area contributed by atoms with Crippen molar-refractivity contribution in [2.75, 3.05) is 32.1 Å². The van der Waals surface area contributed by atoms with E-state index < -0.39 is 15.9 Å². The van der Waals surface area contributed by atoms with Crippen molar-refractivity contribution in [3.63, 3.8) is 0 Å². The van der Waals surface area contributed by atoms with E-state index in [1.54, 1.807) is 61.7 Å². The Balaban J connectivity index is 1.47. The molecule has 2 aromatic rings. The minimum Gasteiger partial charge on any atom is -0.497 e. The number of nitrogens with one attached hydrogen (secondary N) is 2. The van der Waals surface area contributed by atoms with Gasteiger partial charge in [-0.3, -0.25) is 9.59 Å². The van der Waals surface area contributed by atoms with Gasteiger partial charge in [-0.1, -0.05) is 18.2 Å². The lowest BCUT2D eigenvalue weighted by molar-refractivity contribution is -0.126. The molecule has 3 rings (SSSR count). The summed E-state index contributed by atoms with van der Waals surface area (Å²) in [5, 5.41) is 5.52. The topological polar surface area (TPSA) is 105 Å². The van der Waals surface area contributed by atoms with Crippen LogP contribution in [0.2, 0.25) is 0 Å². The fraction of sp³-hybridized carbons (Fsp3) is 0.364. The lowest BCUT2D eigenvalue weighted by Gasteiger charge is -2.31. The van der Waals surface area contributed by atoms with Crippen LogP contribution in [0.25, 0.3) is 0 Å². The zero-order chi connectivity index (χ0) is 22.3. The molecule has 0 spiro atoms. The van der Waals surface area contributed by atoms with E-state index in [4.69, 9.17) is 4.74 Å². The molecule has 2 amide bonds. The molecule has 31 heavy (non-hydrogen) atoms. The summed E-state index contributed by atoms with van der Waals surface area (Å²) >= 11 is 0. The normalized spacial score (nSPS) is 17.0. The van der Waals surface area contributed by atoms with Crippen molar-refractivity contribution in [3.05, 3.63) is 54.6 Å². The minimum absolute atomic E-state index is 0.122. The highest BCUT2D eigenvalue weighted by Crippen LogP contribution is 2.23. The van der Waals surface area contributed by atoms with Crippen LogP contribution in [0, 0.1) is 5.92 Å². The van der Waals surface area contributed by atoms with Crippen LogP contribution in [0.15, 0.2) is 59.5 Å². The quantitative estimate of drug-likeness (QED) is 0.648. The molecule has 2 aromatic carbocycles. The predicted molar refractivity (Wildman–Crippen MR) is 117 cm³/mol. The first-order valence-electron chi connectivity index (χ1n) is 10.2. The van der Waals surface area contributed by atoms with E-state index >= 15 is 0 Å². The van der Waals surface area contributed by atoms with Crippen molar-refractivity contribution in [2.24, 2.45) is 5.92 Å². The van der Waals surface area contributed by atoms with Crippen LogP contribution in [0.3, 0.4) is 0 Å². The molecule has 1 heterocycles. The van der Waals surface area contributed by atoms with Gasteiger partial charge in [0.05, 0.1) is 17.9 Å². The average molecular weight is 446 g/mol. The van der Waals surface area contributed by atoms with Gasteiger partial charge >= 0.3 is 0 Å². The third-order valence-electron chi connectivity index (χ3n) is 5.16. The van der Waals surface area contributed by atoms with Gasteiger partial charge in [-0.15, -0.1) is 0 Å². The van der Waals surface area contributed by atoms with E-state index in [0.29, 0.717) is 30.8 Å². The SMILES string of the molecule is COc1ccc(NC(=O)CCNC(=O)[C@H]2CCCN(S(=O)(=O)c3ccccc3)C2)cc1. The highest BCUT2D eigenvalue weighted by atomic mass is 32.2. The number of anilines is 1. The molecule has 1 saturated heterocycles. The first-order chi connectivity index (χ1) is 14.9. The van der Waals surface area contributed by atoms with Crippen LogP contribution < -0.4 is 15.4 Å². The first kappa shape index (κ1) is 22.8. The van der Waals surface area contributed by atoms with Gasteiger partial charge in [0.1, 0.15) is 5.75 Å². The maximum Gasteiger partial charge on any atom is 0.243 e. The summed E-state index contributed by atoms with van der Waals surface area (Å²) in [4.78, 5) is 24.9. The average Bonchev–Trinajstić information content (AvgIpc) is 2.80. The highest BCUT2D eigenvalue weighted by Gasteiger charge is 2.33. The third-order valence-corrected chi connectivity index (χ3v) is 7.04. The second-order valence-electron chi connectivity index (χ2n) is 7.33. The van der Waals surface area contributed by atoms with Gasteiger partial charge in [0.25, 0.3) is 0 Å². The standard InChI is InChI=1S/C22H27N3O5S/c1-30-19-11-9-18(10-12-19)24-21(26)13-14-23-22(27)17-6-5-15-25(16-17)31(28,29)20-7-3-2-4-8-20/h2-4,7-12,17H,5-6,13-16H2,1H3,(H,23,27)(H,24,26)/t17-/m0/s1. The molecular formula is C22H27N3O5S. The van der Waals surface area contributed by atoms with Crippen LogP contribution in [0.1, 0.15) is 19.3 Å². The highest BCUT2D eigenvalue weighted by molar-refractivity contribution is 7.89. The largest absolute Gasteiger partial charge is 0.497 e. The predicted octanol–water partition coefficient (Wildman–Crippen LogP) is 2.24. The number of benzene rings is 2. The summed E-state index contributed by atoms with van der Waals surface area (Å²) in [6.07, 6.45) is 1.35. The Morgan fingerprint density at radius 2 is 1.81 bits per heavy atom. The summed E-state index contributed by atoms with van der Waals surface area (Å²) in [6.45, 7) is 0.717. The second-order valence-corrected chi connectivity index (χ2v) is 9.27. The molecule has 0 aliphatic carbocycles. The summed E-state index contributed by atoms with van der Waals surface area (Å²) in [6, 6.07) is 15.2. The van der Waals surface area contributed by atoms with Crippen molar-refractivity contribution in [1.29, 1.82) is 0 Å². The fourth-order valence-corrected chi connectivity index (χ4v) is 5.00. The summed E-state index contributed by atoms with van der Waals surface area (Å²) in [5.74, 6) is -0.189. The number of hydrogen-bond acceptors (Lipinski definition) is 5. The third kappa shape index (κ3) is 6.05. The Morgan fingerprint density at radius 1 is 1.10 bits per heavy atom. The summed E-state index contributed by atoms with van der Waals surface area (Å²) in [5.41, 5.74) is 0.645. The van der Waals surface area contributed by atoms with Crippen molar-refractivity contribution in [2.45, 2.75) is 24.2 Å². The lowest BCUT2D eigenvalue weighted by Crippen LogP contribution is -2.45. The van der Waals surface area contributed by atoms with Crippen molar-refractivity contribution < 1.29 is 22.7 Å². The first-order valence-corrected chi connectivity index (χ1v) is 11.6. The molecule has 1 aliphatic rings. The number of amides is 2. The number of carbonyl (C=O) groups is 2. The van der Waals surface area contributed by atoms with Gasteiger partial charge in [0.2, 0.25) is 21.8 Å². The fourth-order valence-electron chi connectivity index (χ4n) is 3.46. The number of rotatable bonds is 8. The van der Waals surface area contributed by atoms with Crippen molar-refractivity contribution >= 4 is 27.5 Å². The van der Waals surface area contributed by atoms with Gasteiger partial charge in [0, 0.05) is 31.7 Å². The van der Waals surface area contributed by atoms with Gasteiger partial charge < -0.3 is 15.4 Å². The number of piperidine rings is 1. The van der Waals surface area contributed by atoms with E-state index in [1.807, 2.05) is 0 Å². The van der Waals surface area contributed by atoms with Gasteiger partial charge in [-0.25, -0.2) is 8.42 Å².